The van der Waals surface area contributed by atoms with Crippen LogP contribution in [0.2, 0.25) is 5.02 Å². The molecule has 0 bridgehead atoms. The number of hydrogen-bond acceptors (Lipinski definition) is 4. The zero-order valence-corrected chi connectivity index (χ0v) is 10.1. The molecule has 0 atom stereocenters. The molecule has 1 aliphatic rings. The number of ether oxygens (including phenoxy) is 1. The molecule has 0 radical (unpaired) electrons. The molecule has 2 rings (SSSR count). The minimum absolute atomic E-state index is 0.0674. The summed E-state index contributed by atoms with van der Waals surface area (Å²) in [6, 6.07) is 6.09. The average molecular weight is 262 g/mol. The Balaban J connectivity index is 2.42. The smallest absolute Gasteiger partial charge is 0.189 e. The lowest BCUT2D eigenvalue weighted by molar-refractivity contribution is -0.00924. The van der Waals surface area contributed by atoms with Gasteiger partial charge in [-0.15, -0.1) is 0 Å². The van der Waals surface area contributed by atoms with Crippen molar-refractivity contribution in [2.45, 2.75) is 9.64 Å². The van der Waals surface area contributed by atoms with E-state index >= 15 is 0 Å². The number of hydrogen-bond donors (Lipinski definition) is 1. The van der Waals surface area contributed by atoms with Gasteiger partial charge in [-0.1, -0.05) is 11.6 Å². The minimum Gasteiger partial charge on any atom is -0.378 e. The Bertz CT molecular complexity index is 474. The highest BCUT2D eigenvalue weighted by Gasteiger charge is 2.50. The molecule has 4 nitrogen and oxygen atoms in total. The summed E-state index contributed by atoms with van der Waals surface area (Å²) in [6.07, 6.45) is 0. The number of nitrogens with two attached hydrogens (primary N) is 1. The lowest BCUT2D eigenvalue weighted by Gasteiger charge is -2.39. The van der Waals surface area contributed by atoms with Crippen LogP contribution in [0.4, 0.5) is 0 Å². The molecule has 1 aromatic carbocycles. The van der Waals surface area contributed by atoms with E-state index in [1.807, 2.05) is 0 Å². The van der Waals surface area contributed by atoms with Gasteiger partial charge in [-0.25, -0.2) is 8.42 Å². The zero-order chi connectivity index (χ0) is 11.8. The van der Waals surface area contributed by atoms with Gasteiger partial charge in [0.25, 0.3) is 0 Å². The first-order valence-electron chi connectivity index (χ1n) is 4.80. The van der Waals surface area contributed by atoms with Crippen LogP contribution in [0.25, 0.3) is 0 Å². The van der Waals surface area contributed by atoms with E-state index in [1.54, 1.807) is 12.1 Å². The summed E-state index contributed by atoms with van der Waals surface area (Å²) in [5.74, 6) is 0. The van der Waals surface area contributed by atoms with Crippen molar-refractivity contribution in [3.05, 3.63) is 29.3 Å². The number of benzene rings is 1. The van der Waals surface area contributed by atoms with Crippen LogP contribution in [-0.2, 0) is 14.6 Å². The molecule has 0 spiro atoms. The normalized spacial score (nSPS) is 19.1. The van der Waals surface area contributed by atoms with Crippen LogP contribution < -0.4 is 5.73 Å². The summed E-state index contributed by atoms with van der Waals surface area (Å²) >= 11 is 5.71. The molecule has 0 saturated carbocycles. The van der Waals surface area contributed by atoms with Gasteiger partial charge in [0.2, 0.25) is 0 Å². The third kappa shape index (κ3) is 1.64. The van der Waals surface area contributed by atoms with Gasteiger partial charge >= 0.3 is 0 Å². The van der Waals surface area contributed by atoms with E-state index in [0.717, 1.165) is 0 Å². The Labute approximate surface area is 99.3 Å². The maximum absolute atomic E-state index is 12.3. The Morgan fingerprint density at radius 3 is 2.25 bits per heavy atom. The molecule has 1 aromatic rings. The van der Waals surface area contributed by atoms with Gasteiger partial charge in [0.05, 0.1) is 18.1 Å². The Kier molecular flexibility index (Phi) is 2.96. The number of rotatable bonds is 3. The van der Waals surface area contributed by atoms with Crippen molar-refractivity contribution in [2.75, 3.05) is 19.8 Å². The van der Waals surface area contributed by atoms with Gasteiger partial charge in [-0.2, -0.15) is 0 Å². The maximum Gasteiger partial charge on any atom is 0.189 e. The highest BCUT2D eigenvalue weighted by molar-refractivity contribution is 7.93. The second-order valence-electron chi connectivity index (χ2n) is 3.84. The second kappa shape index (κ2) is 4.00. The highest BCUT2D eigenvalue weighted by atomic mass is 35.5. The van der Waals surface area contributed by atoms with Crippen molar-refractivity contribution in [2.24, 2.45) is 5.73 Å². The molecule has 1 heterocycles. The summed E-state index contributed by atoms with van der Waals surface area (Å²) < 4.78 is 28.6. The van der Waals surface area contributed by atoms with Gasteiger partial charge < -0.3 is 10.5 Å². The largest absolute Gasteiger partial charge is 0.378 e. The van der Waals surface area contributed by atoms with Crippen molar-refractivity contribution in [1.82, 2.24) is 0 Å². The van der Waals surface area contributed by atoms with Crippen molar-refractivity contribution in [3.63, 3.8) is 0 Å². The number of sulfone groups is 1. The zero-order valence-electron chi connectivity index (χ0n) is 8.52. The van der Waals surface area contributed by atoms with Gasteiger partial charge in [-0.3, -0.25) is 0 Å². The molecule has 1 aliphatic heterocycles. The second-order valence-corrected chi connectivity index (χ2v) is 6.62. The van der Waals surface area contributed by atoms with Crippen molar-refractivity contribution < 1.29 is 13.2 Å². The van der Waals surface area contributed by atoms with Crippen LogP contribution in [0, 0.1) is 0 Å². The van der Waals surface area contributed by atoms with E-state index in [2.05, 4.69) is 0 Å². The molecular formula is C10H12ClNO3S. The summed E-state index contributed by atoms with van der Waals surface area (Å²) in [5.41, 5.74) is 5.54. The van der Waals surface area contributed by atoms with Crippen LogP contribution in [0.3, 0.4) is 0 Å². The quantitative estimate of drug-likeness (QED) is 0.876. The Morgan fingerprint density at radius 1 is 1.31 bits per heavy atom. The predicted octanol–water partition coefficient (Wildman–Crippen LogP) is 0.841. The maximum atomic E-state index is 12.3. The van der Waals surface area contributed by atoms with Crippen LogP contribution in [0.5, 0.6) is 0 Å². The fourth-order valence-electron chi connectivity index (χ4n) is 1.58. The SMILES string of the molecule is NCC1(S(=O)(=O)c2ccc(Cl)cc2)COC1. The van der Waals surface area contributed by atoms with E-state index in [1.165, 1.54) is 12.1 Å². The number of halogens is 1. The van der Waals surface area contributed by atoms with Crippen molar-refractivity contribution in [1.29, 1.82) is 0 Å². The summed E-state index contributed by atoms with van der Waals surface area (Å²) in [4.78, 5) is 0.241. The van der Waals surface area contributed by atoms with Gasteiger partial charge in [0.15, 0.2) is 9.84 Å². The lowest BCUT2D eigenvalue weighted by atomic mass is 10.1. The van der Waals surface area contributed by atoms with Crippen LogP contribution in [-0.4, -0.2) is 32.9 Å². The fraction of sp³-hybridized carbons (Fsp3) is 0.400. The van der Waals surface area contributed by atoms with Crippen LogP contribution in [0.1, 0.15) is 0 Å². The van der Waals surface area contributed by atoms with Gasteiger partial charge in [0, 0.05) is 11.6 Å². The standard InChI is InChI=1S/C10H12ClNO3S/c11-8-1-3-9(4-2-8)16(13,14)10(5-12)6-15-7-10/h1-4H,5-7,12H2. The molecule has 0 unspecified atom stereocenters. The average Bonchev–Trinajstić information content (AvgIpc) is 2.17. The summed E-state index contributed by atoms with van der Waals surface area (Å²) in [6.45, 7) is 0.390. The molecule has 1 fully saturated rings. The third-order valence-corrected chi connectivity index (χ3v) is 5.48. The Hall–Kier alpha value is -0.620. The van der Waals surface area contributed by atoms with Crippen molar-refractivity contribution in [3.8, 4) is 0 Å². The molecule has 88 valence electrons. The van der Waals surface area contributed by atoms with E-state index < -0.39 is 14.6 Å². The molecule has 16 heavy (non-hydrogen) atoms. The molecule has 6 heteroatoms. The molecule has 0 amide bonds. The third-order valence-electron chi connectivity index (χ3n) is 2.80. The minimum atomic E-state index is -3.44. The molecular weight excluding hydrogens is 250 g/mol. The first kappa shape index (κ1) is 11.9. The highest BCUT2D eigenvalue weighted by Crippen LogP contribution is 2.32. The lowest BCUT2D eigenvalue weighted by Crippen LogP contribution is -2.60. The van der Waals surface area contributed by atoms with Gasteiger partial charge in [0.1, 0.15) is 4.75 Å². The Morgan fingerprint density at radius 2 is 1.88 bits per heavy atom. The van der Waals surface area contributed by atoms with E-state index in [4.69, 9.17) is 22.1 Å². The van der Waals surface area contributed by atoms with E-state index in [-0.39, 0.29) is 24.7 Å². The van der Waals surface area contributed by atoms with E-state index in [9.17, 15) is 8.42 Å². The first-order chi connectivity index (χ1) is 7.52. The molecule has 0 aromatic heterocycles. The monoisotopic (exact) mass is 261 g/mol. The van der Waals surface area contributed by atoms with E-state index in [0.29, 0.717) is 5.02 Å². The predicted molar refractivity (Wildman–Crippen MR) is 61.2 cm³/mol. The molecule has 0 aliphatic carbocycles. The molecule has 2 N–H and O–H groups in total. The van der Waals surface area contributed by atoms with Crippen molar-refractivity contribution >= 4 is 21.4 Å². The van der Waals surface area contributed by atoms with Gasteiger partial charge in [-0.05, 0) is 24.3 Å². The van der Waals surface area contributed by atoms with Crippen LogP contribution >= 0.6 is 11.6 Å². The van der Waals surface area contributed by atoms with Crippen LogP contribution in [0.15, 0.2) is 29.2 Å². The summed E-state index contributed by atoms with van der Waals surface area (Å²) in [5, 5.41) is 0.505. The fourth-order valence-corrected chi connectivity index (χ4v) is 3.39. The topological polar surface area (TPSA) is 69.4 Å². The first-order valence-corrected chi connectivity index (χ1v) is 6.66. The summed E-state index contributed by atoms with van der Waals surface area (Å²) in [7, 11) is -3.44. The molecule has 1 saturated heterocycles.